The third-order valence-electron chi connectivity index (χ3n) is 3.55. The number of aromatic nitrogens is 2. The van der Waals surface area contributed by atoms with Crippen LogP contribution in [0.2, 0.25) is 0 Å². The summed E-state index contributed by atoms with van der Waals surface area (Å²) in [4.78, 5) is 0. The van der Waals surface area contributed by atoms with E-state index in [-0.39, 0.29) is 6.04 Å². The van der Waals surface area contributed by atoms with E-state index in [1.165, 1.54) is 0 Å². The topological polar surface area (TPSA) is 56.5 Å². The Morgan fingerprint density at radius 1 is 1.14 bits per heavy atom. The fourth-order valence-corrected chi connectivity index (χ4v) is 2.32. The van der Waals surface area contributed by atoms with Gasteiger partial charge in [0.05, 0.1) is 19.4 Å². The highest BCUT2D eigenvalue weighted by molar-refractivity contribution is 5.45. The Labute approximate surface area is 124 Å². The fraction of sp³-hybridized carbons (Fsp3) is 0.438. The van der Waals surface area contributed by atoms with Gasteiger partial charge in [0.1, 0.15) is 6.10 Å². The number of benzene rings is 1. The first-order valence-corrected chi connectivity index (χ1v) is 7.27. The number of ether oxygens (including phenoxy) is 2. The number of aliphatic hydroxyl groups is 1. The Morgan fingerprint density at radius 3 is 2.62 bits per heavy atom. The molecular weight excluding hydrogens is 268 g/mol. The lowest BCUT2D eigenvalue weighted by Crippen LogP contribution is -2.02. The van der Waals surface area contributed by atoms with Crippen molar-refractivity contribution in [3.63, 3.8) is 0 Å². The summed E-state index contributed by atoms with van der Waals surface area (Å²) in [6.07, 6.45) is 3.73. The van der Waals surface area contributed by atoms with Crippen molar-refractivity contribution in [2.24, 2.45) is 0 Å². The molecule has 0 bridgehead atoms. The smallest absolute Gasteiger partial charge is 0.161 e. The van der Waals surface area contributed by atoms with Crippen LogP contribution in [0.4, 0.5) is 0 Å². The minimum absolute atomic E-state index is 0.273. The first-order valence-electron chi connectivity index (χ1n) is 7.27. The summed E-state index contributed by atoms with van der Waals surface area (Å²) < 4.78 is 13.1. The van der Waals surface area contributed by atoms with Crippen molar-refractivity contribution in [3.8, 4) is 11.5 Å². The van der Waals surface area contributed by atoms with Crippen molar-refractivity contribution in [2.45, 2.75) is 32.4 Å². The van der Waals surface area contributed by atoms with Crippen molar-refractivity contribution < 1.29 is 14.6 Å². The van der Waals surface area contributed by atoms with Crippen molar-refractivity contribution in [1.29, 1.82) is 0 Å². The van der Waals surface area contributed by atoms with Crippen LogP contribution in [0.3, 0.4) is 0 Å². The van der Waals surface area contributed by atoms with E-state index in [0.29, 0.717) is 19.0 Å². The van der Waals surface area contributed by atoms with Gasteiger partial charge < -0.3 is 14.6 Å². The van der Waals surface area contributed by atoms with Crippen LogP contribution < -0.4 is 9.47 Å². The van der Waals surface area contributed by atoms with Gasteiger partial charge in [0.2, 0.25) is 0 Å². The molecule has 0 fully saturated rings. The van der Waals surface area contributed by atoms with Crippen LogP contribution >= 0.6 is 0 Å². The van der Waals surface area contributed by atoms with Gasteiger partial charge in [-0.25, -0.2) is 0 Å². The van der Waals surface area contributed by atoms with E-state index in [4.69, 9.17) is 9.47 Å². The van der Waals surface area contributed by atoms with Gasteiger partial charge in [0, 0.05) is 24.2 Å². The molecule has 5 heteroatoms. The minimum atomic E-state index is -0.713. The molecule has 1 aliphatic heterocycles. The highest BCUT2D eigenvalue weighted by atomic mass is 16.5. The Kier molecular flexibility index (Phi) is 3.84. The van der Waals surface area contributed by atoms with E-state index >= 15 is 0 Å². The first kappa shape index (κ1) is 13.9. The Hall–Kier alpha value is -2.01. The lowest BCUT2D eigenvalue weighted by Gasteiger charge is -2.13. The highest BCUT2D eigenvalue weighted by Gasteiger charge is 2.17. The van der Waals surface area contributed by atoms with Crippen LogP contribution in [0.5, 0.6) is 11.5 Å². The normalized spacial score (nSPS) is 15.8. The quantitative estimate of drug-likeness (QED) is 0.943. The predicted octanol–water partition coefficient (Wildman–Crippen LogP) is 2.71. The third kappa shape index (κ3) is 2.88. The molecule has 0 spiro atoms. The minimum Gasteiger partial charge on any atom is -0.490 e. The maximum Gasteiger partial charge on any atom is 0.161 e. The summed E-state index contributed by atoms with van der Waals surface area (Å²) in [6.45, 7) is 5.40. The molecule has 0 aliphatic carbocycles. The summed E-state index contributed by atoms with van der Waals surface area (Å²) in [5.41, 5.74) is 1.56. The second-order valence-electron chi connectivity index (χ2n) is 5.51. The number of rotatable bonds is 3. The number of hydrogen-bond acceptors (Lipinski definition) is 4. The highest BCUT2D eigenvalue weighted by Crippen LogP contribution is 2.34. The third-order valence-corrected chi connectivity index (χ3v) is 3.55. The van der Waals surface area contributed by atoms with Crippen LogP contribution in [0.15, 0.2) is 30.6 Å². The van der Waals surface area contributed by atoms with Gasteiger partial charge in [0.25, 0.3) is 0 Å². The molecule has 2 aromatic rings. The Balaban J connectivity index is 1.86. The summed E-state index contributed by atoms with van der Waals surface area (Å²) >= 11 is 0. The van der Waals surface area contributed by atoms with Crippen LogP contribution in [0.1, 0.15) is 43.5 Å². The van der Waals surface area contributed by atoms with Crippen LogP contribution in [0.25, 0.3) is 0 Å². The molecule has 0 amide bonds. The molecule has 1 aromatic carbocycles. The SMILES string of the molecule is CC(C)n1cc(C(O)c2ccc3c(c2)OCCCO3)cn1. The largest absolute Gasteiger partial charge is 0.490 e. The van der Waals surface area contributed by atoms with E-state index in [9.17, 15) is 5.11 Å². The van der Waals surface area contributed by atoms with Gasteiger partial charge in [0.15, 0.2) is 11.5 Å². The standard InChI is InChI=1S/C16H20N2O3/c1-11(2)18-10-13(9-17-18)16(19)12-4-5-14-15(8-12)21-7-3-6-20-14/h4-5,8-11,16,19H,3,6-7H2,1-2H3. The summed E-state index contributed by atoms with van der Waals surface area (Å²) in [5, 5.41) is 14.8. The molecule has 21 heavy (non-hydrogen) atoms. The second kappa shape index (κ2) is 5.77. The molecule has 0 saturated carbocycles. The van der Waals surface area contributed by atoms with Gasteiger partial charge in [-0.2, -0.15) is 5.10 Å². The molecule has 1 N–H and O–H groups in total. The van der Waals surface area contributed by atoms with Gasteiger partial charge in [-0.05, 0) is 31.5 Å². The van der Waals surface area contributed by atoms with Crippen molar-refractivity contribution in [1.82, 2.24) is 9.78 Å². The molecular formula is C16H20N2O3. The summed E-state index contributed by atoms with van der Waals surface area (Å²) in [5.74, 6) is 1.43. The van der Waals surface area contributed by atoms with Gasteiger partial charge in [-0.1, -0.05) is 6.07 Å². The molecule has 0 radical (unpaired) electrons. The van der Waals surface area contributed by atoms with Gasteiger partial charge >= 0.3 is 0 Å². The molecule has 112 valence electrons. The van der Waals surface area contributed by atoms with E-state index in [2.05, 4.69) is 18.9 Å². The van der Waals surface area contributed by atoms with Crippen LogP contribution in [-0.4, -0.2) is 28.1 Å². The average Bonchev–Trinajstić information content (AvgIpc) is 2.86. The zero-order valence-corrected chi connectivity index (χ0v) is 12.3. The van der Waals surface area contributed by atoms with E-state index < -0.39 is 6.10 Å². The summed E-state index contributed by atoms with van der Waals surface area (Å²) in [6, 6.07) is 5.84. The Morgan fingerprint density at radius 2 is 1.90 bits per heavy atom. The molecule has 3 rings (SSSR count). The van der Waals surface area contributed by atoms with Crippen molar-refractivity contribution in [3.05, 3.63) is 41.7 Å². The fourth-order valence-electron chi connectivity index (χ4n) is 2.32. The number of aliphatic hydroxyl groups excluding tert-OH is 1. The lowest BCUT2D eigenvalue weighted by atomic mass is 10.0. The first-order chi connectivity index (χ1) is 10.1. The van der Waals surface area contributed by atoms with Gasteiger partial charge in [-0.15, -0.1) is 0 Å². The predicted molar refractivity (Wildman–Crippen MR) is 78.7 cm³/mol. The van der Waals surface area contributed by atoms with Crippen molar-refractivity contribution >= 4 is 0 Å². The number of nitrogens with zero attached hydrogens (tertiary/aromatic N) is 2. The molecule has 1 atom stereocenters. The molecule has 1 aliphatic rings. The maximum absolute atomic E-state index is 10.5. The zero-order valence-electron chi connectivity index (χ0n) is 12.3. The van der Waals surface area contributed by atoms with Gasteiger partial charge in [-0.3, -0.25) is 4.68 Å². The van der Waals surface area contributed by atoms with E-state index in [0.717, 1.165) is 23.3 Å². The maximum atomic E-state index is 10.5. The second-order valence-corrected chi connectivity index (χ2v) is 5.51. The molecule has 1 unspecified atom stereocenters. The molecule has 1 aromatic heterocycles. The summed E-state index contributed by atoms with van der Waals surface area (Å²) in [7, 11) is 0. The molecule has 0 saturated heterocycles. The Bertz CT molecular complexity index is 622. The van der Waals surface area contributed by atoms with E-state index in [1.807, 2.05) is 29.1 Å². The number of fused-ring (bicyclic) bond motifs is 1. The van der Waals surface area contributed by atoms with E-state index in [1.54, 1.807) is 6.20 Å². The van der Waals surface area contributed by atoms with Crippen LogP contribution in [-0.2, 0) is 0 Å². The monoisotopic (exact) mass is 288 g/mol. The number of hydrogen-bond donors (Lipinski definition) is 1. The lowest BCUT2D eigenvalue weighted by molar-refractivity contribution is 0.219. The zero-order chi connectivity index (χ0) is 14.8. The van der Waals surface area contributed by atoms with Crippen LogP contribution in [0, 0.1) is 0 Å². The molecule has 2 heterocycles. The van der Waals surface area contributed by atoms with Crippen molar-refractivity contribution in [2.75, 3.05) is 13.2 Å². The molecule has 5 nitrogen and oxygen atoms in total. The average molecular weight is 288 g/mol.